The van der Waals surface area contributed by atoms with E-state index in [1.165, 1.54) is 0 Å². The second-order valence-electron chi connectivity index (χ2n) is 9.66. The molecule has 3 N–H and O–H groups in total. The number of alkyl halides is 3. The number of nitrogens with one attached hydrogen (secondary N) is 1. The summed E-state index contributed by atoms with van der Waals surface area (Å²) in [5.74, 6) is -1.05. The Morgan fingerprint density at radius 1 is 1.29 bits per heavy atom. The van der Waals surface area contributed by atoms with Crippen LogP contribution in [0.5, 0.6) is 0 Å². The second kappa shape index (κ2) is 13.0. The molecule has 3 atom stereocenters. The minimum atomic E-state index is -4.10. The number of aromatic nitrogens is 1. The van der Waals surface area contributed by atoms with Crippen molar-refractivity contribution in [2.75, 3.05) is 19.6 Å². The van der Waals surface area contributed by atoms with Gasteiger partial charge < -0.3 is 11.1 Å². The number of nitrogens with two attached hydrogens (primary N) is 1. The number of aliphatic imine (C=N–C) groups is 1. The van der Waals surface area contributed by atoms with Crippen molar-refractivity contribution in [3.8, 4) is 0 Å². The average Bonchev–Trinajstić information content (AvgIpc) is 2.85. The van der Waals surface area contributed by atoms with Gasteiger partial charge in [-0.05, 0) is 70.2 Å². The van der Waals surface area contributed by atoms with Crippen molar-refractivity contribution >= 4 is 21.6 Å². The second-order valence-corrected chi connectivity index (χ2v) is 10.8. The Kier molecular flexibility index (Phi) is 10.4. The standard InChI is InChI=1S/C26H37BrF3N5/c1-18(33-16-20-6-4-10-32-15-20)12-24(34-25(14-31)19(2)27)21-7-5-11-35(17-21)23-9-3-8-22(13-23)26(28,29)30/h4,6,10,12,15,21-23,33H,3,5,7-9,11,13-14,16-17,31H2,1-2H3/b18-12+,25-19-,34-24+. The highest BCUT2D eigenvalue weighted by atomic mass is 79.9. The highest BCUT2D eigenvalue weighted by Gasteiger charge is 2.43. The number of rotatable bonds is 8. The maximum absolute atomic E-state index is 13.4. The quantitative estimate of drug-likeness (QED) is 0.390. The molecule has 3 rings (SSSR count). The lowest BCUT2D eigenvalue weighted by molar-refractivity contribution is -0.187. The van der Waals surface area contributed by atoms with Crippen molar-refractivity contribution in [1.82, 2.24) is 15.2 Å². The summed E-state index contributed by atoms with van der Waals surface area (Å²) in [4.78, 5) is 11.4. The lowest BCUT2D eigenvalue weighted by Crippen LogP contribution is -2.47. The van der Waals surface area contributed by atoms with E-state index >= 15 is 0 Å². The Labute approximate surface area is 215 Å². The number of likely N-dealkylation sites (tertiary alicyclic amines) is 1. The largest absolute Gasteiger partial charge is 0.391 e. The van der Waals surface area contributed by atoms with Crippen LogP contribution in [0, 0.1) is 11.8 Å². The van der Waals surface area contributed by atoms with Crippen molar-refractivity contribution in [2.45, 2.75) is 71.1 Å². The lowest BCUT2D eigenvalue weighted by Gasteiger charge is -2.42. The molecule has 9 heteroatoms. The minimum Gasteiger partial charge on any atom is -0.384 e. The van der Waals surface area contributed by atoms with Gasteiger partial charge >= 0.3 is 6.18 Å². The molecule has 1 saturated carbocycles. The van der Waals surface area contributed by atoms with Gasteiger partial charge in [0, 0.05) is 59.9 Å². The molecule has 1 saturated heterocycles. The van der Waals surface area contributed by atoms with Gasteiger partial charge in [-0.15, -0.1) is 0 Å². The minimum absolute atomic E-state index is 0.0179. The number of piperidine rings is 1. The summed E-state index contributed by atoms with van der Waals surface area (Å²) >= 11 is 3.51. The van der Waals surface area contributed by atoms with Crippen LogP contribution in [0.1, 0.15) is 57.9 Å². The van der Waals surface area contributed by atoms with E-state index in [9.17, 15) is 13.2 Å². The molecule has 194 valence electrons. The van der Waals surface area contributed by atoms with Gasteiger partial charge in [0.25, 0.3) is 0 Å². The Bertz CT molecular complexity index is 909. The van der Waals surface area contributed by atoms with Crippen LogP contribution in [0.4, 0.5) is 13.2 Å². The molecule has 1 aromatic rings. The van der Waals surface area contributed by atoms with E-state index < -0.39 is 12.1 Å². The Morgan fingerprint density at radius 2 is 2.09 bits per heavy atom. The van der Waals surface area contributed by atoms with Crippen molar-refractivity contribution in [1.29, 1.82) is 0 Å². The first-order chi connectivity index (χ1) is 16.7. The molecule has 1 aromatic heterocycles. The smallest absolute Gasteiger partial charge is 0.384 e. The van der Waals surface area contributed by atoms with Crippen LogP contribution in [-0.4, -0.2) is 47.4 Å². The van der Waals surface area contributed by atoms with Gasteiger partial charge in [-0.2, -0.15) is 13.2 Å². The molecule has 2 aliphatic rings. The number of allylic oxidation sites excluding steroid dienone is 3. The molecular weight excluding hydrogens is 519 g/mol. The van der Waals surface area contributed by atoms with Gasteiger partial charge in [0.15, 0.2) is 0 Å². The topological polar surface area (TPSA) is 66.5 Å². The van der Waals surface area contributed by atoms with Crippen molar-refractivity contribution in [3.63, 3.8) is 0 Å². The maximum Gasteiger partial charge on any atom is 0.391 e. The summed E-state index contributed by atoms with van der Waals surface area (Å²) in [5, 5.41) is 3.43. The van der Waals surface area contributed by atoms with Crippen molar-refractivity contribution in [3.05, 3.63) is 52.0 Å². The molecule has 3 unspecified atom stereocenters. The van der Waals surface area contributed by atoms with E-state index in [-0.39, 0.29) is 24.8 Å². The Balaban J connectivity index is 1.77. The van der Waals surface area contributed by atoms with Gasteiger partial charge in [-0.25, -0.2) is 0 Å². The predicted molar refractivity (Wildman–Crippen MR) is 139 cm³/mol. The number of nitrogens with zero attached hydrogens (tertiary/aromatic N) is 3. The van der Waals surface area contributed by atoms with Crippen LogP contribution in [0.3, 0.4) is 0 Å². The Morgan fingerprint density at radius 3 is 2.74 bits per heavy atom. The molecule has 2 fully saturated rings. The molecule has 2 heterocycles. The van der Waals surface area contributed by atoms with Crippen LogP contribution in [0.15, 0.2) is 51.5 Å². The van der Waals surface area contributed by atoms with Crippen LogP contribution < -0.4 is 11.1 Å². The number of pyridine rings is 1. The maximum atomic E-state index is 13.4. The average molecular weight is 557 g/mol. The summed E-state index contributed by atoms with van der Waals surface area (Å²) < 4.78 is 41.1. The third-order valence-corrected chi connectivity index (χ3v) is 7.47. The fourth-order valence-electron chi connectivity index (χ4n) is 5.05. The van der Waals surface area contributed by atoms with Crippen molar-refractivity contribution in [2.24, 2.45) is 22.6 Å². The van der Waals surface area contributed by atoms with Crippen LogP contribution in [0.25, 0.3) is 0 Å². The highest BCUT2D eigenvalue weighted by molar-refractivity contribution is 9.11. The first-order valence-electron chi connectivity index (χ1n) is 12.4. The molecule has 0 bridgehead atoms. The zero-order chi connectivity index (χ0) is 25.4. The predicted octanol–water partition coefficient (Wildman–Crippen LogP) is 5.93. The van der Waals surface area contributed by atoms with E-state index in [4.69, 9.17) is 10.7 Å². The third-order valence-electron chi connectivity index (χ3n) is 7.01. The molecular formula is C26H37BrF3N5. The van der Waals surface area contributed by atoms with E-state index in [1.807, 2.05) is 32.2 Å². The normalized spacial score (nSPS) is 25.9. The fourth-order valence-corrected chi connectivity index (χ4v) is 5.30. The van der Waals surface area contributed by atoms with Crippen LogP contribution >= 0.6 is 15.9 Å². The molecule has 0 spiro atoms. The first kappa shape index (κ1) is 27.9. The fraction of sp³-hybridized carbons (Fsp3) is 0.615. The van der Waals surface area contributed by atoms with Gasteiger partial charge in [0.1, 0.15) is 0 Å². The molecule has 5 nitrogen and oxygen atoms in total. The molecule has 35 heavy (non-hydrogen) atoms. The van der Waals surface area contributed by atoms with E-state index in [0.717, 1.165) is 59.5 Å². The highest BCUT2D eigenvalue weighted by Crippen LogP contribution is 2.40. The summed E-state index contributed by atoms with van der Waals surface area (Å²) in [6, 6.07) is 3.91. The van der Waals surface area contributed by atoms with Crippen molar-refractivity contribution < 1.29 is 13.2 Å². The number of hydrogen-bond donors (Lipinski definition) is 2. The third kappa shape index (κ3) is 8.43. The number of hydrogen-bond acceptors (Lipinski definition) is 5. The first-order valence-corrected chi connectivity index (χ1v) is 13.2. The number of halogens is 4. The monoisotopic (exact) mass is 555 g/mol. The van der Waals surface area contributed by atoms with Crippen LogP contribution in [-0.2, 0) is 6.54 Å². The van der Waals surface area contributed by atoms with E-state index in [1.54, 1.807) is 6.20 Å². The molecule has 1 aliphatic carbocycles. The van der Waals surface area contributed by atoms with E-state index in [2.05, 4.69) is 37.2 Å². The molecule has 0 radical (unpaired) electrons. The molecule has 0 aromatic carbocycles. The lowest BCUT2D eigenvalue weighted by atomic mass is 9.82. The van der Waals surface area contributed by atoms with Gasteiger partial charge in [0.05, 0.1) is 11.6 Å². The Hall–Kier alpha value is -1.71. The molecule has 1 aliphatic heterocycles. The van der Waals surface area contributed by atoms with Crippen LogP contribution in [0.2, 0.25) is 0 Å². The van der Waals surface area contributed by atoms with Gasteiger partial charge in [-0.1, -0.05) is 28.4 Å². The summed E-state index contributed by atoms with van der Waals surface area (Å²) in [5.41, 5.74) is 9.72. The van der Waals surface area contributed by atoms with Gasteiger partial charge in [0.2, 0.25) is 0 Å². The molecule has 0 amide bonds. The zero-order valence-corrected chi connectivity index (χ0v) is 22.2. The summed E-state index contributed by atoms with van der Waals surface area (Å²) in [7, 11) is 0. The van der Waals surface area contributed by atoms with Gasteiger partial charge in [-0.3, -0.25) is 14.9 Å². The summed E-state index contributed by atoms with van der Waals surface area (Å²) in [6.45, 7) is 6.46. The zero-order valence-electron chi connectivity index (χ0n) is 20.6. The summed E-state index contributed by atoms with van der Waals surface area (Å²) in [6.07, 6.45) is 5.37. The van der Waals surface area contributed by atoms with E-state index in [0.29, 0.717) is 19.5 Å². The SMILES string of the molecule is C/C(Br)=C(CN)/N=C(\C=C(/C)NCc1cccnc1)C1CCCN(C2CCCC(C(F)(F)F)C2)C1.